The van der Waals surface area contributed by atoms with Crippen LogP contribution in [-0.2, 0) is 11.3 Å². The van der Waals surface area contributed by atoms with Gasteiger partial charge >= 0.3 is 0 Å². The number of likely N-dealkylation sites (tertiary alicyclic amines) is 1. The summed E-state index contributed by atoms with van der Waals surface area (Å²) in [6, 6.07) is 7.86. The van der Waals surface area contributed by atoms with Gasteiger partial charge in [-0.1, -0.05) is 6.07 Å². The second-order valence-corrected chi connectivity index (χ2v) is 6.14. The van der Waals surface area contributed by atoms with E-state index in [-0.39, 0.29) is 11.8 Å². The number of aryl methyl sites for hydroxylation is 1. The van der Waals surface area contributed by atoms with Gasteiger partial charge in [-0.3, -0.25) is 14.7 Å². The van der Waals surface area contributed by atoms with Gasteiger partial charge in [0.15, 0.2) is 0 Å². The molecule has 0 saturated carbocycles. The van der Waals surface area contributed by atoms with Gasteiger partial charge in [0.05, 0.1) is 5.92 Å². The molecule has 2 aromatic rings. The number of carbonyl (C=O) groups excluding carboxylic acids is 1. The van der Waals surface area contributed by atoms with Crippen LogP contribution in [0.1, 0.15) is 24.0 Å². The second kappa shape index (κ2) is 7.33. The minimum absolute atomic E-state index is 0.0219. The zero-order valence-corrected chi connectivity index (χ0v) is 13.4. The number of nitrogens with zero attached hydrogens (tertiary/aromatic N) is 3. The monoisotopic (exact) mass is 310 g/mol. The first-order chi connectivity index (χ1) is 11.2. The summed E-state index contributed by atoms with van der Waals surface area (Å²) in [4.78, 5) is 23.1. The first-order valence-electron chi connectivity index (χ1n) is 8.05. The van der Waals surface area contributed by atoms with Crippen LogP contribution in [0.25, 0.3) is 0 Å². The molecule has 1 unspecified atom stereocenters. The van der Waals surface area contributed by atoms with Crippen molar-refractivity contribution in [3.8, 4) is 0 Å². The van der Waals surface area contributed by atoms with Crippen LogP contribution in [0.2, 0.25) is 0 Å². The summed E-state index contributed by atoms with van der Waals surface area (Å²) in [5, 5.41) is 2.94. The Balaban J connectivity index is 1.57. The van der Waals surface area contributed by atoms with Crippen molar-refractivity contribution in [2.24, 2.45) is 5.92 Å². The molecule has 120 valence electrons. The molecule has 0 spiro atoms. The normalized spacial score (nSPS) is 18.6. The minimum Gasteiger partial charge on any atom is -0.310 e. The Morgan fingerprint density at radius 3 is 2.87 bits per heavy atom. The molecule has 1 fully saturated rings. The van der Waals surface area contributed by atoms with Gasteiger partial charge in [0.25, 0.3) is 0 Å². The van der Waals surface area contributed by atoms with Crippen LogP contribution < -0.4 is 5.32 Å². The number of carbonyl (C=O) groups is 1. The predicted octanol–water partition coefficient (Wildman–Crippen LogP) is 2.64. The third-order valence-corrected chi connectivity index (χ3v) is 4.19. The number of amides is 1. The van der Waals surface area contributed by atoms with Gasteiger partial charge in [0.2, 0.25) is 5.91 Å². The van der Waals surface area contributed by atoms with E-state index in [0.29, 0.717) is 5.82 Å². The summed E-state index contributed by atoms with van der Waals surface area (Å²) in [5.74, 6) is 0.723. The third-order valence-electron chi connectivity index (χ3n) is 4.19. The molecule has 1 N–H and O–H groups in total. The Morgan fingerprint density at radius 2 is 2.13 bits per heavy atom. The smallest absolute Gasteiger partial charge is 0.229 e. The van der Waals surface area contributed by atoms with E-state index >= 15 is 0 Å². The standard InChI is InChI=1S/C18H22N4O/c1-14-4-5-17(20-11-14)21-18(23)16-3-2-10-22(13-16)12-15-6-8-19-9-7-15/h4-9,11,16H,2-3,10,12-13H2,1H3,(H,20,21,23). The largest absolute Gasteiger partial charge is 0.310 e. The Labute approximate surface area is 136 Å². The maximum atomic E-state index is 12.5. The highest BCUT2D eigenvalue weighted by Crippen LogP contribution is 2.20. The van der Waals surface area contributed by atoms with Crippen molar-refractivity contribution in [2.75, 3.05) is 18.4 Å². The summed E-state index contributed by atoms with van der Waals surface area (Å²) >= 11 is 0. The lowest BCUT2D eigenvalue weighted by Gasteiger charge is -2.31. The first kappa shape index (κ1) is 15.6. The lowest BCUT2D eigenvalue weighted by molar-refractivity contribution is -0.121. The number of aromatic nitrogens is 2. The molecule has 1 saturated heterocycles. The maximum Gasteiger partial charge on any atom is 0.229 e. The van der Waals surface area contributed by atoms with E-state index in [2.05, 4.69) is 20.2 Å². The van der Waals surface area contributed by atoms with Crippen LogP contribution in [-0.4, -0.2) is 33.9 Å². The van der Waals surface area contributed by atoms with Crippen LogP contribution >= 0.6 is 0 Å². The van der Waals surface area contributed by atoms with E-state index in [1.807, 2.05) is 43.6 Å². The van der Waals surface area contributed by atoms with E-state index < -0.39 is 0 Å². The number of nitrogens with one attached hydrogen (secondary N) is 1. The van der Waals surface area contributed by atoms with Gasteiger partial charge in [0.1, 0.15) is 5.82 Å². The zero-order valence-electron chi connectivity index (χ0n) is 13.4. The highest BCUT2D eigenvalue weighted by molar-refractivity contribution is 5.91. The fraction of sp³-hybridized carbons (Fsp3) is 0.389. The molecule has 5 heteroatoms. The summed E-state index contributed by atoms with van der Waals surface area (Å²) in [7, 11) is 0. The molecule has 0 aliphatic carbocycles. The van der Waals surface area contributed by atoms with Crippen molar-refractivity contribution < 1.29 is 4.79 Å². The first-order valence-corrected chi connectivity index (χ1v) is 8.05. The van der Waals surface area contributed by atoms with Crippen molar-refractivity contribution in [2.45, 2.75) is 26.3 Å². The van der Waals surface area contributed by atoms with Crippen LogP contribution in [0.15, 0.2) is 42.9 Å². The molecule has 0 aromatic carbocycles. The zero-order chi connectivity index (χ0) is 16.1. The Bertz CT molecular complexity index is 642. The molecule has 1 amide bonds. The number of rotatable bonds is 4. The van der Waals surface area contributed by atoms with Crippen molar-refractivity contribution in [1.82, 2.24) is 14.9 Å². The molecule has 1 aliphatic heterocycles. The van der Waals surface area contributed by atoms with Gasteiger partial charge in [-0.05, 0) is 55.6 Å². The van der Waals surface area contributed by atoms with Crippen molar-refractivity contribution >= 4 is 11.7 Å². The molecular weight excluding hydrogens is 288 g/mol. The van der Waals surface area contributed by atoms with Crippen LogP contribution in [0, 0.1) is 12.8 Å². The fourth-order valence-electron chi connectivity index (χ4n) is 2.93. The quantitative estimate of drug-likeness (QED) is 0.943. The molecule has 2 aromatic heterocycles. The van der Waals surface area contributed by atoms with E-state index in [9.17, 15) is 4.79 Å². The maximum absolute atomic E-state index is 12.5. The fourth-order valence-corrected chi connectivity index (χ4v) is 2.93. The SMILES string of the molecule is Cc1ccc(NC(=O)C2CCCN(Cc3ccncc3)C2)nc1. The summed E-state index contributed by atoms with van der Waals surface area (Å²) in [6.07, 6.45) is 7.38. The van der Waals surface area contributed by atoms with Crippen molar-refractivity contribution in [1.29, 1.82) is 0 Å². The lowest BCUT2D eigenvalue weighted by atomic mass is 9.96. The molecule has 23 heavy (non-hydrogen) atoms. The number of hydrogen-bond acceptors (Lipinski definition) is 4. The van der Waals surface area contributed by atoms with Crippen LogP contribution in [0.3, 0.4) is 0 Å². The third kappa shape index (κ3) is 4.36. The summed E-state index contributed by atoms with van der Waals surface area (Å²) < 4.78 is 0. The van der Waals surface area contributed by atoms with Gasteiger partial charge < -0.3 is 5.32 Å². The lowest BCUT2D eigenvalue weighted by Crippen LogP contribution is -2.40. The average molecular weight is 310 g/mol. The highest BCUT2D eigenvalue weighted by Gasteiger charge is 2.26. The van der Waals surface area contributed by atoms with Crippen LogP contribution in [0.5, 0.6) is 0 Å². The Hall–Kier alpha value is -2.27. The summed E-state index contributed by atoms with van der Waals surface area (Å²) in [6.45, 7) is 4.68. The molecule has 5 nitrogen and oxygen atoms in total. The van der Waals surface area contributed by atoms with E-state index in [1.54, 1.807) is 6.20 Å². The highest BCUT2D eigenvalue weighted by atomic mass is 16.2. The van der Waals surface area contributed by atoms with Crippen molar-refractivity contribution in [3.63, 3.8) is 0 Å². The van der Waals surface area contributed by atoms with E-state index in [4.69, 9.17) is 0 Å². The Kier molecular flexibility index (Phi) is 4.98. The van der Waals surface area contributed by atoms with Gasteiger partial charge in [-0.15, -0.1) is 0 Å². The molecule has 1 atom stereocenters. The van der Waals surface area contributed by atoms with Crippen molar-refractivity contribution in [3.05, 3.63) is 54.0 Å². The van der Waals surface area contributed by atoms with Gasteiger partial charge in [-0.2, -0.15) is 0 Å². The van der Waals surface area contributed by atoms with E-state index in [1.165, 1.54) is 5.56 Å². The molecule has 3 heterocycles. The van der Waals surface area contributed by atoms with Gasteiger partial charge in [-0.25, -0.2) is 4.98 Å². The average Bonchev–Trinajstić information content (AvgIpc) is 2.58. The van der Waals surface area contributed by atoms with Gasteiger partial charge in [0, 0.05) is 31.7 Å². The number of piperidine rings is 1. The Morgan fingerprint density at radius 1 is 1.30 bits per heavy atom. The topological polar surface area (TPSA) is 58.1 Å². The molecule has 1 aliphatic rings. The number of anilines is 1. The molecule has 0 radical (unpaired) electrons. The predicted molar refractivity (Wildman–Crippen MR) is 89.8 cm³/mol. The molecular formula is C18H22N4O. The second-order valence-electron chi connectivity index (χ2n) is 6.14. The minimum atomic E-state index is 0.0219. The molecule has 3 rings (SSSR count). The summed E-state index contributed by atoms with van der Waals surface area (Å²) in [5.41, 5.74) is 2.32. The van der Waals surface area contributed by atoms with E-state index in [0.717, 1.165) is 38.0 Å². The number of hydrogen-bond donors (Lipinski definition) is 1. The molecule has 0 bridgehead atoms. The van der Waals surface area contributed by atoms with Crippen LogP contribution in [0.4, 0.5) is 5.82 Å². The number of pyridine rings is 2.